The Bertz CT molecular complexity index is 565. The van der Waals surface area contributed by atoms with E-state index < -0.39 is 11.0 Å². The Hall–Kier alpha value is -0.240. The molecule has 2 nitrogen and oxygen atoms in total. The lowest BCUT2D eigenvalue weighted by Gasteiger charge is -2.43. The first kappa shape index (κ1) is 21.8. The summed E-state index contributed by atoms with van der Waals surface area (Å²) in [4.78, 5) is 0. The van der Waals surface area contributed by atoms with Gasteiger partial charge in [-0.3, -0.25) is 0 Å². The van der Waals surface area contributed by atoms with Crippen LogP contribution in [0.15, 0.2) is 24.3 Å². The van der Waals surface area contributed by atoms with Gasteiger partial charge in [0.2, 0.25) is 0 Å². The molecule has 1 aromatic carbocycles. The van der Waals surface area contributed by atoms with Crippen molar-refractivity contribution in [2.75, 3.05) is 0 Å². The molecule has 0 fully saturated rings. The van der Waals surface area contributed by atoms with E-state index in [1.807, 2.05) is 20.8 Å². The topological polar surface area (TPSA) is 29.1 Å². The number of rotatable bonds is 4. The van der Waals surface area contributed by atoms with Crippen LogP contribution < -0.4 is 10.0 Å². The summed E-state index contributed by atoms with van der Waals surface area (Å²) in [5, 5.41) is 1.86. The first-order chi connectivity index (χ1) is 10.7. The molecule has 1 N–H and O–H groups in total. The highest BCUT2D eigenvalue weighted by Crippen LogP contribution is 2.58. The third-order valence-corrected chi connectivity index (χ3v) is 9.08. The first-order valence-electron chi connectivity index (χ1n) is 8.73. The molecule has 0 saturated carbocycles. The van der Waals surface area contributed by atoms with Crippen molar-refractivity contribution in [3.8, 4) is 0 Å². The van der Waals surface area contributed by atoms with Crippen molar-refractivity contribution >= 4 is 24.2 Å². The van der Waals surface area contributed by atoms with Crippen LogP contribution in [0.5, 0.6) is 0 Å². The zero-order chi connectivity index (χ0) is 18.9. The fraction of sp³-hybridized carbons (Fsp3) is 0.700. The molecule has 0 amide bonds. The van der Waals surface area contributed by atoms with Crippen LogP contribution in [-0.2, 0) is 11.0 Å². The van der Waals surface area contributed by atoms with Crippen LogP contribution in [0.3, 0.4) is 0 Å². The summed E-state index contributed by atoms with van der Waals surface area (Å²) in [5.41, 5.74) is 1.28. The molecule has 0 saturated heterocycles. The number of benzene rings is 1. The van der Waals surface area contributed by atoms with Gasteiger partial charge in [0, 0.05) is 6.04 Å². The fourth-order valence-electron chi connectivity index (χ4n) is 3.19. The molecule has 0 aliphatic rings. The molecule has 0 aromatic heterocycles. The zero-order valence-corrected chi connectivity index (χ0v) is 18.9. The Kier molecular flexibility index (Phi) is 6.87. The summed E-state index contributed by atoms with van der Waals surface area (Å²) in [6, 6.07) is 8.76. The van der Waals surface area contributed by atoms with E-state index in [4.69, 9.17) is 0 Å². The van der Waals surface area contributed by atoms with Gasteiger partial charge >= 0.3 is 0 Å². The zero-order valence-electron chi connectivity index (χ0n) is 17.2. The third-order valence-electron chi connectivity index (χ3n) is 3.83. The van der Waals surface area contributed by atoms with Gasteiger partial charge in [-0.1, -0.05) is 73.7 Å². The average Bonchev–Trinajstić information content (AvgIpc) is 2.34. The van der Waals surface area contributed by atoms with Gasteiger partial charge in [-0.05, 0) is 48.9 Å². The van der Waals surface area contributed by atoms with Gasteiger partial charge < -0.3 is 0 Å². The Labute approximate surface area is 153 Å². The van der Waals surface area contributed by atoms with Crippen molar-refractivity contribution in [3.05, 3.63) is 29.8 Å². The smallest absolute Gasteiger partial charge is 0.0975 e. The van der Waals surface area contributed by atoms with Gasteiger partial charge in [0.1, 0.15) is 0 Å². The van der Waals surface area contributed by atoms with Crippen molar-refractivity contribution in [3.63, 3.8) is 0 Å². The molecule has 0 aliphatic carbocycles. The van der Waals surface area contributed by atoms with Gasteiger partial charge in [0.05, 0.1) is 15.7 Å². The van der Waals surface area contributed by atoms with E-state index in [-0.39, 0.29) is 29.0 Å². The molecule has 0 radical (unpaired) electrons. The molecule has 0 heterocycles. The molecule has 1 rings (SSSR count). The molecule has 4 heteroatoms. The van der Waals surface area contributed by atoms with Crippen molar-refractivity contribution in [1.82, 2.24) is 4.72 Å². The van der Waals surface area contributed by atoms with E-state index in [1.165, 1.54) is 10.9 Å². The second-order valence-corrected chi connectivity index (χ2v) is 15.3. The Morgan fingerprint density at radius 3 is 1.79 bits per heavy atom. The number of nitrogens with one attached hydrogen (secondary N) is 1. The minimum absolute atomic E-state index is 0.0657. The third kappa shape index (κ3) is 5.64. The molecule has 138 valence electrons. The quantitative estimate of drug-likeness (QED) is 0.697. The Morgan fingerprint density at radius 1 is 0.917 bits per heavy atom. The Morgan fingerprint density at radius 2 is 1.38 bits per heavy atom. The highest BCUT2D eigenvalue weighted by atomic mass is 32.2. The van der Waals surface area contributed by atoms with Crippen LogP contribution in [0.1, 0.15) is 80.8 Å². The minimum Gasteiger partial charge on any atom is -0.242 e. The summed E-state index contributed by atoms with van der Waals surface area (Å²) >= 11 is 0. The molecule has 0 spiro atoms. The standard InChI is InChI=1S/C20H36NOPS/c1-15(21-24(22)20(8,9)10)16-13-11-12-14-17(16)23(18(2,3)4)19(5,6)7/h11-15,21H,1-10H3/t15-,24+/m0/s1. The van der Waals surface area contributed by atoms with Crippen LogP contribution in [-0.4, -0.2) is 19.3 Å². The van der Waals surface area contributed by atoms with Crippen LogP contribution in [0.4, 0.5) is 0 Å². The highest BCUT2D eigenvalue weighted by molar-refractivity contribution is 7.84. The summed E-state index contributed by atoms with van der Waals surface area (Å²) < 4.78 is 15.6. The lowest BCUT2D eigenvalue weighted by Crippen LogP contribution is -2.38. The van der Waals surface area contributed by atoms with Crippen molar-refractivity contribution in [2.45, 2.75) is 90.3 Å². The molecule has 0 unspecified atom stereocenters. The fourth-order valence-corrected chi connectivity index (χ4v) is 8.21. The highest BCUT2D eigenvalue weighted by Gasteiger charge is 2.37. The van der Waals surface area contributed by atoms with E-state index in [9.17, 15) is 4.21 Å². The maximum atomic E-state index is 12.5. The van der Waals surface area contributed by atoms with Gasteiger partial charge in [-0.2, -0.15) is 0 Å². The van der Waals surface area contributed by atoms with E-state index in [0.717, 1.165) is 0 Å². The normalized spacial score (nSPS) is 16.3. The van der Waals surface area contributed by atoms with E-state index in [0.29, 0.717) is 0 Å². The Balaban J connectivity index is 3.31. The second-order valence-electron chi connectivity index (χ2n) is 9.46. The lowest BCUT2D eigenvalue weighted by molar-refractivity contribution is 0.617. The molecular formula is C20H36NOPS. The maximum absolute atomic E-state index is 12.5. The van der Waals surface area contributed by atoms with E-state index in [2.05, 4.69) is 77.5 Å². The van der Waals surface area contributed by atoms with Crippen LogP contribution in [0.2, 0.25) is 0 Å². The van der Waals surface area contributed by atoms with Crippen LogP contribution >= 0.6 is 7.92 Å². The lowest BCUT2D eigenvalue weighted by atomic mass is 10.1. The van der Waals surface area contributed by atoms with Gasteiger partial charge in [0.15, 0.2) is 0 Å². The van der Waals surface area contributed by atoms with Crippen molar-refractivity contribution < 1.29 is 4.21 Å². The van der Waals surface area contributed by atoms with Gasteiger partial charge in [0.25, 0.3) is 0 Å². The summed E-state index contributed by atoms with van der Waals surface area (Å²) in [5.74, 6) is 0. The molecule has 2 atom stereocenters. The predicted molar refractivity (Wildman–Crippen MR) is 112 cm³/mol. The summed E-state index contributed by atoms with van der Waals surface area (Å²) in [6.45, 7) is 22.2. The van der Waals surface area contributed by atoms with Crippen molar-refractivity contribution in [1.29, 1.82) is 0 Å². The van der Waals surface area contributed by atoms with Gasteiger partial charge in [-0.15, -0.1) is 0 Å². The van der Waals surface area contributed by atoms with Crippen molar-refractivity contribution in [2.24, 2.45) is 0 Å². The van der Waals surface area contributed by atoms with E-state index >= 15 is 0 Å². The van der Waals surface area contributed by atoms with Crippen LogP contribution in [0, 0.1) is 0 Å². The summed E-state index contributed by atoms with van der Waals surface area (Å²) in [6.07, 6.45) is 0. The minimum atomic E-state index is -1.07. The molecule has 24 heavy (non-hydrogen) atoms. The number of hydrogen-bond acceptors (Lipinski definition) is 1. The van der Waals surface area contributed by atoms with E-state index in [1.54, 1.807) is 0 Å². The summed E-state index contributed by atoms with van der Waals surface area (Å²) in [7, 11) is -1.46. The first-order valence-corrected chi connectivity index (χ1v) is 11.2. The molecule has 0 bridgehead atoms. The molecule has 1 aromatic rings. The molecular weight excluding hydrogens is 333 g/mol. The second kappa shape index (κ2) is 7.56. The van der Waals surface area contributed by atoms with Gasteiger partial charge in [-0.25, -0.2) is 8.93 Å². The maximum Gasteiger partial charge on any atom is 0.0975 e. The number of hydrogen-bond donors (Lipinski definition) is 1. The molecule has 0 aliphatic heterocycles. The largest absolute Gasteiger partial charge is 0.242 e. The average molecular weight is 370 g/mol. The SMILES string of the molecule is C[C@H](N[S@](=O)C(C)(C)C)c1ccccc1P(C(C)(C)C)C(C)(C)C. The predicted octanol–water partition coefficient (Wildman–Crippen LogP) is 5.50. The monoisotopic (exact) mass is 369 g/mol. The van der Waals surface area contributed by atoms with Crippen LogP contribution in [0.25, 0.3) is 0 Å².